The fraction of sp³-hybridized carbons (Fsp3) is 0.571. The first-order valence-corrected chi connectivity index (χ1v) is 6.75. The first-order chi connectivity index (χ1) is 8.74. The van der Waals surface area contributed by atoms with E-state index in [-0.39, 0.29) is 5.91 Å². The van der Waals surface area contributed by atoms with Gasteiger partial charge >= 0.3 is 0 Å². The van der Waals surface area contributed by atoms with Crippen LogP contribution in [0.5, 0.6) is 0 Å². The lowest BCUT2D eigenvalue weighted by molar-refractivity contribution is 0.0948. The Hall–Kier alpha value is -1.58. The minimum atomic E-state index is 0.0140. The lowest BCUT2D eigenvalue weighted by Crippen LogP contribution is -2.27. The monoisotopic (exact) mass is 247 g/mol. The van der Waals surface area contributed by atoms with E-state index >= 15 is 0 Å². The van der Waals surface area contributed by atoms with Gasteiger partial charge in [-0.05, 0) is 37.8 Å². The Bertz CT molecular complexity index is 419. The summed E-state index contributed by atoms with van der Waals surface area (Å²) in [5.74, 6) is 1.46. The summed E-state index contributed by atoms with van der Waals surface area (Å²) in [5.41, 5.74) is 0.683. The van der Waals surface area contributed by atoms with Gasteiger partial charge in [-0.2, -0.15) is 0 Å². The molecule has 2 N–H and O–H groups in total. The molecule has 0 aromatic carbocycles. The van der Waals surface area contributed by atoms with E-state index in [1.165, 1.54) is 12.8 Å². The SMILES string of the molecule is CCCC1CC1NC(=O)c1ccnc(NCC)c1. The average molecular weight is 247 g/mol. The number of nitrogens with zero attached hydrogens (tertiary/aromatic N) is 1. The third kappa shape index (κ3) is 3.22. The van der Waals surface area contributed by atoms with Crippen molar-refractivity contribution >= 4 is 11.7 Å². The quantitative estimate of drug-likeness (QED) is 0.811. The van der Waals surface area contributed by atoms with E-state index in [9.17, 15) is 4.79 Å². The summed E-state index contributed by atoms with van der Waals surface area (Å²) in [6.45, 7) is 5.00. The summed E-state index contributed by atoms with van der Waals surface area (Å²) in [6, 6.07) is 3.94. The fourth-order valence-electron chi connectivity index (χ4n) is 2.22. The van der Waals surface area contributed by atoms with E-state index in [4.69, 9.17) is 0 Å². The van der Waals surface area contributed by atoms with Crippen molar-refractivity contribution in [2.24, 2.45) is 5.92 Å². The van der Waals surface area contributed by atoms with Crippen LogP contribution in [0.1, 0.15) is 43.5 Å². The molecule has 1 aliphatic rings. The van der Waals surface area contributed by atoms with Gasteiger partial charge in [0.05, 0.1) is 0 Å². The molecule has 2 unspecified atom stereocenters. The van der Waals surface area contributed by atoms with Gasteiger partial charge in [0.15, 0.2) is 0 Å². The van der Waals surface area contributed by atoms with E-state index in [0.717, 1.165) is 18.8 Å². The van der Waals surface area contributed by atoms with Crippen molar-refractivity contribution < 1.29 is 4.79 Å². The summed E-state index contributed by atoms with van der Waals surface area (Å²) in [4.78, 5) is 16.2. The number of hydrogen-bond acceptors (Lipinski definition) is 3. The van der Waals surface area contributed by atoms with Gasteiger partial charge in [-0.3, -0.25) is 4.79 Å². The van der Waals surface area contributed by atoms with Crippen LogP contribution in [0, 0.1) is 5.92 Å². The molecule has 1 saturated carbocycles. The second-order valence-corrected chi connectivity index (χ2v) is 4.82. The average Bonchev–Trinajstić information content (AvgIpc) is 3.08. The molecule has 0 radical (unpaired) electrons. The van der Waals surface area contributed by atoms with Gasteiger partial charge in [0, 0.05) is 24.3 Å². The van der Waals surface area contributed by atoms with Crippen LogP contribution >= 0.6 is 0 Å². The molecule has 1 aliphatic carbocycles. The van der Waals surface area contributed by atoms with Gasteiger partial charge < -0.3 is 10.6 Å². The topological polar surface area (TPSA) is 54.0 Å². The molecule has 2 rings (SSSR count). The van der Waals surface area contributed by atoms with Gasteiger partial charge in [-0.1, -0.05) is 13.3 Å². The molecule has 98 valence electrons. The number of amides is 1. The van der Waals surface area contributed by atoms with Gasteiger partial charge in [0.25, 0.3) is 5.91 Å². The lowest BCUT2D eigenvalue weighted by Gasteiger charge is -2.06. The maximum atomic E-state index is 12.0. The summed E-state index contributed by atoms with van der Waals surface area (Å²) in [6.07, 6.45) is 5.20. The highest BCUT2D eigenvalue weighted by Crippen LogP contribution is 2.34. The number of nitrogens with one attached hydrogen (secondary N) is 2. The van der Waals surface area contributed by atoms with Crippen molar-refractivity contribution in [3.63, 3.8) is 0 Å². The van der Waals surface area contributed by atoms with Crippen LogP contribution in [-0.4, -0.2) is 23.5 Å². The van der Waals surface area contributed by atoms with Crippen molar-refractivity contribution in [2.45, 2.75) is 39.2 Å². The Labute approximate surface area is 108 Å². The van der Waals surface area contributed by atoms with Crippen molar-refractivity contribution in [2.75, 3.05) is 11.9 Å². The van der Waals surface area contributed by atoms with Gasteiger partial charge in [-0.15, -0.1) is 0 Å². The van der Waals surface area contributed by atoms with E-state index in [1.807, 2.05) is 6.92 Å². The number of pyridine rings is 1. The number of carbonyl (C=O) groups excluding carboxylic acids is 1. The van der Waals surface area contributed by atoms with Crippen molar-refractivity contribution in [3.05, 3.63) is 23.9 Å². The molecule has 1 heterocycles. The summed E-state index contributed by atoms with van der Waals surface area (Å²) in [7, 11) is 0. The molecule has 1 aromatic rings. The molecule has 0 aliphatic heterocycles. The molecule has 0 saturated heterocycles. The van der Waals surface area contributed by atoms with Gasteiger partial charge in [0.2, 0.25) is 0 Å². The summed E-state index contributed by atoms with van der Waals surface area (Å²) < 4.78 is 0. The predicted molar refractivity (Wildman–Crippen MR) is 72.7 cm³/mol. The van der Waals surface area contributed by atoms with Crippen molar-refractivity contribution in [3.8, 4) is 0 Å². The highest BCUT2D eigenvalue weighted by molar-refractivity contribution is 5.95. The molecule has 0 bridgehead atoms. The Morgan fingerprint density at radius 2 is 2.33 bits per heavy atom. The van der Waals surface area contributed by atoms with E-state index in [2.05, 4.69) is 22.5 Å². The van der Waals surface area contributed by atoms with Crippen LogP contribution in [0.4, 0.5) is 5.82 Å². The van der Waals surface area contributed by atoms with Crippen LogP contribution < -0.4 is 10.6 Å². The number of hydrogen-bond donors (Lipinski definition) is 2. The number of anilines is 1. The smallest absolute Gasteiger partial charge is 0.251 e. The van der Waals surface area contributed by atoms with Crippen molar-refractivity contribution in [1.82, 2.24) is 10.3 Å². The first kappa shape index (κ1) is 12.9. The molecule has 1 aromatic heterocycles. The second kappa shape index (κ2) is 5.85. The third-order valence-corrected chi connectivity index (χ3v) is 3.28. The molecule has 4 nitrogen and oxygen atoms in total. The van der Waals surface area contributed by atoms with Crippen LogP contribution in [0.15, 0.2) is 18.3 Å². The highest BCUT2D eigenvalue weighted by atomic mass is 16.1. The molecule has 18 heavy (non-hydrogen) atoms. The second-order valence-electron chi connectivity index (χ2n) is 4.82. The predicted octanol–water partition coefficient (Wildman–Crippen LogP) is 2.43. The zero-order valence-electron chi connectivity index (χ0n) is 11.1. The number of aromatic nitrogens is 1. The largest absolute Gasteiger partial charge is 0.370 e. The van der Waals surface area contributed by atoms with Gasteiger partial charge in [0.1, 0.15) is 5.82 Å². The maximum Gasteiger partial charge on any atom is 0.251 e. The zero-order valence-corrected chi connectivity index (χ0v) is 11.1. The molecule has 4 heteroatoms. The molecule has 1 amide bonds. The number of rotatable bonds is 6. The number of carbonyl (C=O) groups is 1. The minimum Gasteiger partial charge on any atom is -0.370 e. The van der Waals surface area contributed by atoms with E-state index in [0.29, 0.717) is 17.5 Å². The Balaban J connectivity index is 1.91. The third-order valence-electron chi connectivity index (χ3n) is 3.28. The van der Waals surface area contributed by atoms with Crippen LogP contribution in [-0.2, 0) is 0 Å². The summed E-state index contributed by atoms with van der Waals surface area (Å²) >= 11 is 0. The summed E-state index contributed by atoms with van der Waals surface area (Å²) in [5, 5.41) is 6.19. The highest BCUT2D eigenvalue weighted by Gasteiger charge is 2.37. The molecule has 0 spiro atoms. The standard InChI is InChI=1S/C14H21N3O/c1-3-5-10-8-12(10)17-14(18)11-6-7-16-13(9-11)15-4-2/h6-7,9-10,12H,3-5,8H2,1-2H3,(H,15,16)(H,17,18). The maximum absolute atomic E-state index is 12.0. The normalized spacial score (nSPS) is 21.4. The Morgan fingerprint density at radius 1 is 1.50 bits per heavy atom. The van der Waals surface area contributed by atoms with Crippen molar-refractivity contribution in [1.29, 1.82) is 0 Å². The van der Waals surface area contributed by atoms with Crippen LogP contribution in [0.2, 0.25) is 0 Å². The van der Waals surface area contributed by atoms with Crippen LogP contribution in [0.25, 0.3) is 0 Å². The molecule has 1 fully saturated rings. The lowest BCUT2D eigenvalue weighted by atomic mass is 10.2. The van der Waals surface area contributed by atoms with Gasteiger partial charge in [-0.25, -0.2) is 4.98 Å². The van der Waals surface area contributed by atoms with E-state index in [1.54, 1.807) is 18.3 Å². The molecular weight excluding hydrogens is 226 g/mol. The fourth-order valence-corrected chi connectivity index (χ4v) is 2.22. The molecular formula is C14H21N3O. The Morgan fingerprint density at radius 3 is 3.06 bits per heavy atom. The van der Waals surface area contributed by atoms with E-state index < -0.39 is 0 Å². The Kier molecular flexibility index (Phi) is 4.18. The molecule has 2 atom stereocenters. The zero-order chi connectivity index (χ0) is 13.0. The van der Waals surface area contributed by atoms with Crippen LogP contribution in [0.3, 0.4) is 0 Å². The first-order valence-electron chi connectivity index (χ1n) is 6.75. The minimum absolute atomic E-state index is 0.0140.